The Morgan fingerprint density at radius 1 is 1.25 bits per heavy atom. The molecule has 0 fully saturated rings. The van der Waals surface area contributed by atoms with Crippen molar-refractivity contribution in [3.05, 3.63) is 51.0 Å². The topological polar surface area (TPSA) is 68.3 Å². The fourth-order valence-corrected chi connectivity index (χ4v) is 2.85. The number of carbonyl (C=O) groups excluding carboxylic acids is 2. The van der Waals surface area contributed by atoms with Crippen LogP contribution in [-0.2, 0) is 20.7 Å². The molecule has 0 radical (unpaired) electrons. The summed E-state index contributed by atoms with van der Waals surface area (Å²) >= 11 is 1.48. The van der Waals surface area contributed by atoms with Gasteiger partial charge in [-0.2, -0.15) is 0 Å². The average Bonchev–Trinajstić information content (AvgIpc) is 2.93. The van der Waals surface area contributed by atoms with E-state index in [9.17, 15) is 9.59 Å². The van der Waals surface area contributed by atoms with Crippen molar-refractivity contribution in [1.82, 2.24) is 10.3 Å². The van der Waals surface area contributed by atoms with E-state index in [-0.39, 0.29) is 25.0 Å². The number of hydrogen-bond acceptors (Lipinski definition) is 5. The number of thiazole rings is 1. The van der Waals surface area contributed by atoms with Crippen LogP contribution in [0.1, 0.15) is 40.4 Å². The number of esters is 1. The molecule has 1 aromatic heterocycles. The summed E-state index contributed by atoms with van der Waals surface area (Å²) in [7, 11) is 0. The maximum absolute atomic E-state index is 11.9. The minimum Gasteiger partial charge on any atom is -0.455 e. The predicted octanol–water partition coefficient (Wildman–Crippen LogP) is 3.03. The Morgan fingerprint density at radius 2 is 2.00 bits per heavy atom. The molecule has 24 heavy (non-hydrogen) atoms. The molecule has 0 saturated carbocycles. The lowest BCUT2D eigenvalue weighted by Crippen LogP contribution is -2.31. The van der Waals surface area contributed by atoms with Gasteiger partial charge in [-0.25, -0.2) is 4.98 Å². The smallest absolute Gasteiger partial charge is 0.312 e. The molecule has 0 aliphatic carbocycles. The molecule has 0 saturated heterocycles. The van der Waals surface area contributed by atoms with E-state index in [1.165, 1.54) is 22.5 Å². The van der Waals surface area contributed by atoms with Gasteiger partial charge >= 0.3 is 5.97 Å². The molecule has 1 aromatic carbocycles. The van der Waals surface area contributed by atoms with Gasteiger partial charge in [0.05, 0.1) is 23.2 Å². The SMILES string of the molecule is Cc1nc(CC(=O)OCC(=O)NC(C)c2ccc(C)c(C)c2)cs1. The first-order valence-electron chi connectivity index (χ1n) is 7.78. The molecule has 2 rings (SSSR count). The molecule has 6 heteroatoms. The second-order valence-corrected chi connectivity index (χ2v) is 6.89. The van der Waals surface area contributed by atoms with E-state index in [0.717, 1.165) is 10.6 Å². The zero-order chi connectivity index (χ0) is 17.7. The third-order valence-corrected chi connectivity index (χ3v) is 4.59. The summed E-state index contributed by atoms with van der Waals surface area (Å²) in [6.45, 7) is 7.58. The van der Waals surface area contributed by atoms with Crippen LogP contribution in [0, 0.1) is 20.8 Å². The standard InChI is InChI=1S/C18H22N2O3S/c1-11-5-6-15(7-12(11)2)13(3)19-17(21)9-23-18(22)8-16-10-24-14(4)20-16/h5-7,10,13H,8-9H2,1-4H3,(H,19,21). The molecule has 1 heterocycles. The van der Waals surface area contributed by atoms with Gasteiger partial charge in [0, 0.05) is 5.38 Å². The first kappa shape index (κ1) is 18.1. The normalized spacial score (nSPS) is 11.8. The zero-order valence-electron chi connectivity index (χ0n) is 14.4. The maximum Gasteiger partial charge on any atom is 0.312 e. The highest BCUT2D eigenvalue weighted by molar-refractivity contribution is 7.09. The third kappa shape index (κ3) is 5.16. The lowest BCUT2D eigenvalue weighted by molar-refractivity contribution is -0.148. The second-order valence-electron chi connectivity index (χ2n) is 5.83. The van der Waals surface area contributed by atoms with E-state index >= 15 is 0 Å². The fourth-order valence-electron chi connectivity index (χ4n) is 2.23. The molecule has 0 bridgehead atoms. The van der Waals surface area contributed by atoms with Gasteiger partial charge in [0.2, 0.25) is 0 Å². The van der Waals surface area contributed by atoms with Crippen LogP contribution in [0.3, 0.4) is 0 Å². The molecule has 1 unspecified atom stereocenters. The Labute approximate surface area is 146 Å². The summed E-state index contributed by atoms with van der Waals surface area (Å²) in [5, 5.41) is 5.56. The number of carbonyl (C=O) groups is 2. The molecule has 0 spiro atoms. The predicted molar refractivity (Wildman–Crippen MR) is 94.0 cm³/mol. The van der Waals surface area contributed by atoms with E-state index in [1.807, 2.05) is 45.2 Å². The molecule has 1 atom stereocenters. The van der Waals surface area contributed by atoms with Crippen molar-refractivity contribution < 1.29 is 14.3 Å². The van der Waals surface area contributed by atoms with Crippen molar-refractivity contribution in [3.63, 3.8) is 0 Å². The molecule has 1 amide bonds. The summed E-state index contributed by atoms with van der Waals surface area (Å²) in [6, 6.07) is 5.93. The van der Waals surface area contributed by atoms with E-state index < -0.39 is 5.97 Å². The number of nitrogens with one attached hydrogen (secondary N) is 1. The Kier molecular flexibility index (Phi) is 6.09. The highest BCUT2D eigenvalue weighted by Crippen LogP contribution is 2.16. The van der Waals surface area contributed by atoms with Gasteiger partial charge in [0.25, 0.3) is 5.91 Å². The summed E-state index contributed by atoms with van der Waals surface area (Å²) in [4.78, 5) is 27.9. The number of benzene rings is 1. The monoisotopic (exact) mass is 346 g/mol. The number of nitrogens with zero attached hydrogens (tertiary/aromatic N) is 1. The highest BCUT2D eigenvalue weighted by atomic mass is 32.1. The van der Waals surface area contributed by atoms with Crippen molar-refractivity contribution in [2.75, 3.05) is 6.61 Å². The maximum atomic E-state index is 11.9. The number of aromatic nitrogens is 1. The molecule has 1 N–H and O–H groups in total. The van der Waals surface area contributed by atoms with Gasteiger partial charge in [-0.15, -0.1) is 11.3 Å². The minimum atomic E-state index is -0.450. The summed E-state index contributed by atoms with van der Waals surface area (Å²) < 4.78 is 5.01. The zero-order valence-corrected chi connectivity index (χ0v) is 15.2. The Bertz CT molecular complexity index is 740. The molecular weight excluding hydrogens is 324 g/mol. The van der Waals surface area contributed by atoms with E-state index in [0.29, 0.717) is 5.69 Å². The van der Waals surface area contributed by atoms with Crippen LogP contribution in [0.5, 0.6) is 0 Å². The largest absolute Gasteiger partial charge is 0.455 e. The number of ether oxygens (including phenoxy) is 1. The molecule has 0 aliphatic rings. The van der Waals surface area contributed by atoms with Gasteiger partial charge in [-0.1, -0.05) is 18.2 Å². The number of rotatable bonds is 6. The van der Waals surface area contributed by atoms with Gasteiger partial charge in [0.1, 0.15) is 0 Å². The first-order chi connectivity index (χ1) is 11.3. The van der Waals surface area contributed by atoms with E-state index in [2.05, 4.69) is 16.4 Å². The molecule has 5 nitrogen and oxygen atoms in total. The van der Waals surface area contributed by atoms with E-state index in [1.54, 1.807) is 0 Å². The molecule has 2 aromatic rings. The van der Waals surface area contributed by atoms with E-state index in [4.69, 9.17) is 4.74 Å². The summed E-state index contributed by atoms with van der Waals surface area (Å²) in [6.07, 6.45) is 0.0876. The third-order valence-electron chi connectivity index (χ3n) is 3.76. The van der Waals surface area contributed by atoms with Crippen LogP contribution in [-0.4, -0.2) is 23.5 Å². The van der Waals surface area contributed by atoms with Crippen LogP contribution in [0.2, 0.25) is 0 Å². The number of amides is 1. The molecular formula is C18H22N2O3S. The van der Waals surface area contributed by atoms with Crippen LogP contribution in [0.15, 0.2) is 23.6 Å². The van der Waals surface area contributed by atoms with Gasteiger partial charge in [-0.05, 0) is 44.4 Å². The first-order valence-corrected chi connectivity index (χ1v) is 8.66. The Balaban J connectivity index is 1.79. The summed E-state index contributed by atoms with van der Waals surface area (Å²) in [5.41, 5.74) is 4.09. The van der Waals surface area contributed by atoms with Gasteiger partial charge < -0.3 is 10.1 Å². The van der Waals surface area contributed by atoms with Crippen molar-refractivity contribution in [2.45, 2.75) is 40.2 Å². The van der Waals surface area contributed by atoms with Crippen molar-refractivity contribution in [2.24, 2.45) is 0 Å². The number of hydrogen-bond donors (Lipinski definition) is 1. The molecule has 128 valence electrons. The average molecular weight is 346 g/mol. The second kappa shape index (κ2) is 8.06. The quantitative estimate of drug-likeness (QED) is 0.817. The Morgan fingerprint density at radius 3 is 2.62 bits per heavy atom. The minimum absolute atomic E-state index is 0.0876. The fraction of sp³-hybridized carbons (Fsp3) is 0.389. The highest BCUT2D eigenvalue weighted by Gasteiger charge is 2.13. The van der Waals surface area contributed by atoms with Crippen molar-refractivity contribution in [3.8, 4) is 0 Å². The van der Waals surface area contributed by atoms with Gasteiger partial charge in [0.15, 0.2) is 6.61 Å². The lowest BCUT2D eigenvalue weighted by Gasteiger charge is -2.15. The van der Waals surface area contributed by atoms with Crippen LogP contribution in [0.4, 0.5) is 0 Å². The molecule has 0 aliphatic heterocycles. The van der Waals surface area contributed by atoms with Crippen LogP contribution in [0.25, 0.3) is 0 Å². The number of aryl methyl sites for hydroxylation is 3. The van der Waals surface area contributed by atoms with Crippen molar-refractivity contribution in [1.29, 1.82) is 0 Å². The van der Waals surface area contributed by atoms with Crippen LogP contribution < -0.4 is 5.32 Å². The Hall–Kier alpha value is -2.21. The van der Waals surface area contributed by atoms with Crippen LogP contribution >= 0.6 is 11.3 Å². The van der Waals surface area contributed by atoms with Gasteiger partial charge in [-0.3, -0.25) is 9.59 Å². The summed E-state index contributed by atoms with van der Waals surface area (Å²) in [5.74, 6) is -0.766. The van der Waals surface area contributed by atoms with Crippen molar-refractivity contribution >= 4 is 23.2 Å². The lowest BCUT2D eigenvalue weighted by atomic mass is 10.0.